The first-order chi connectivity index (χ1) is 8.27. The van der Waals surface area contributed by atoms with Crippen molar-refractivity contribution in [3.63, 3.8) is 0 Å². The number of halogens is 2. The number of benzene rings is 2. The molecule has 19 heavy (non-hydrogen) atoms. The molecule has 0 amide bonds. The van der Waals surface area contributed by atoms with Crippen molar-refractivity contribution < 1.29 is 42.7 Å². The Hall–Kier alpha value is -0.0488. The predicted octanol–water partition coefficient (Wildman–Crippen LogP) is -1.90. The van der Waals surface area contributed by atoms with Crippen LogP contribution in [-0.4, -0.2) is 6.19 Å². The van der Waals surface area contributed by atoms with Crippen LogP contribution in [-0.2, 0) is 17.9 Å². The monoisotopic (exact) mass is 341 g/mol. The van der Waals surface area contributed by atoms with Crippen LogP contribution < -0.4 is 24.8 Å². The van der Waals surface area contributed by atoms with E-state index in [4.69, 9.17) is 0 Å². The average molecular weight is 342 g/mol. The molecule has 1 aliphatic carbocycles. The van der Waals surface area contributed by atoms with Gasteiger partial charge in [0.05, 0.1) is 0 Å². The van der Waals surface area contributed by atoms with Crippen molar-refractivity contribution >= 4 is 6.19 Å². The Morgan fingerprint density at radius 3 is 1.63 bits per heavy atom. The van der Waals surface area contributed by atoms with Crippen molar-refractivity contribution in [1.82, 2.24) is 0 Å². The molecule has 3 rings (SSSR count). The summed E-state index contributed by atoms with van der Waals surface area (Å²) in [4.78, 5) is 0. The Kier molecular flexibility index (Phi) is 6.36. The molecular formula is C15H15Cl2SiTi. The van der Waals surface area contributed by atoms with E-state index in [1.54, 1.807) is 11.1 Å². The summed E-state index contributed by atoms with van der Waals surface area (Å²) in [6.45, 7) is 4.93. The molecule has 0 heterocycles. The van der Waals surface area contributed by atoms with Gasteiger partial charge in [-0.15, -0.1) is 0 Å². The van der Waals surface area contributed by atoms with E-state index in [0.717, 1.165) is 4.22 Å². The number of fused-ring (bicyclic) bond motifs is 3. The second-order valence-electron chi connectivity index (χ2n) is 4.75. The van der Waals surface area contributed by atoms with Crippen molar-refractivity contribution in [3.8, 4) is 11.1 Å². The van der Waals surface area contributed by atoms with Crippen LogP contribution in [0.1, 0.15) is 15.3 Å². The van der Waals surface area contributed by atoms with E-state index in [1.165, 1.54) is 11.1 Å². The Morgan fingerprint density at radius 2 is 1.21 bits per heavy atom. The molecule has 2 aromatic carbocycles. The van der Waals surface area contributed by atoms with E-state index >= 15 is 0 Å². The van der Waals surface area contributed by atoms with Gasteiger partial charge in [0, 0.05) is 0 Å². The van der Waals surface area contributed by atoms with Crippen molar-refractivity contribution in [2.45, 2.75) is 17.3 Å². The van der Waals surface area contributed by atoms with Crippen LogP contribution in [0.5, 0.6) is 0 Å². The minimum absolute atomic E-state index is 0. The third-order valence-corrected chi connectivity index (χ3v) is 9.16. The molecule has 0 fully saturated rings. The molecule has 97 valence electrons. The molecule has 0 radical (unpaired) electrons. The third kappa shape index (κ3) is 3.17. The number of hydrogen-bond donors (Lipinski definition) is 0. The maximum Gasteiger partial charge on any atom is -1.00 e. The first-order valence-electron chi connectivity index (χ1n) is 6.02. The first kappa shape index (κ1) is 17.0. The van der Waals surface area contributed by atoms with E-state index in [1.807, 2.05) is 0 Å². The molecule has 0 aliphatic heterocycles. The van der Waals surface area contributed by atoms with Crippen LogP contribution in [0.25, 0.3) is 11.1 Å². The number of hydrogen-bond acceptors (Lipinski definition) is 0. The fraction of sp³-hybridized carbons (Fsp3) is 0.200. The Balaban J connectivity index is 0.000000902. The zero-order valence-electron chi connectivity index (χ0n) is 11.0. The van der Waals surface area contributed by atoms with Gasteiger partial charge in [-0.2, -0.15) is 0 Å². The maximum atomic E-state index is 2.47. The fourth-order valence-corrected chi connectivity index (χ4v) is 8.44. The molecule has 0 N–H and O–H groups in total. The van der Waals surface area contributed by atoms with Gasteiger partial charge in [0.2, 0.25) is 0 Å². The van der Waals surface area contributed by atoms with E-state index in [2.05, 4.69) is 61.6 Å². The molecule has 1 aliphatic rings. The van der Waals surface area contributed by atoms with Gasteiger partial charge < -0.3 is 24.8 Å². The van der Waals surface area contributed by atoms with E-state index in [9.17, 15) is 0 Å². The molecule has 0 saturated heterocycles. The van der Waals surface area contributed by atoms with Gasteiger partial charge in [-0.25, -0.2) is 0 Å². The quantitative estimate of drug-likeness (QED) is 0.531. The normalized spacial score (nSPS) is 11.5. The van der Waals surface area contributed by atoms with Crippen LogP contribution in [0.15, 0.2) is 48.5 Å². The van der Waals surface area contributed by atoms with Crippen molar-refractivity contribution in [1.29, 1.82) is 0 Å². The zero-order chi connectivity index (χ0) is 11.8. The summed E-state index contributed by atoms with van der Waals surface area (Å²) in [5.74, 6) is 0. The summed E-state index contributed by atoms with van der Waals surface area (Å²) in [5.41, 5.74) is 6.17. The van der Waals surface area contributed by atoms with Crippen LogP contribution in [0.3, 0.4) is 0 Å². The number of rotatable bonds is 1. The van der Waals surface area contributed by atoms with Gasteiger partial charge in [-0.05, 0) is 0 Å². The molecular weight excluding hydrogens is 327 g/mol. The molecule has 0 spiro atoms. The van der Waals surface area contributed by atoms with Crippen LogP contribution in [0.2, 0.25) is 13.1 Å². The van der Waals surface area contributed by atoms with Crippen LogP contribution in [0, 0.1) is 0 Å². The summed E-state index contributed by atoms with van der Waals surface area (Å²) in [6, 6.07) is 18.0. The van der Waals surface area contributed by atoms with Gasteiger partial charge >= 0.3 is 112 Å². The van der Waals surface area contributed by atoms with Crippen LogP contribution >= 0.6 is 0 Å². The van der Waals surface area contributed by atoms with Crippen molar-refractivity contribution in [2.24, 2.45) is 0 Å². The van der Waals surface area contributed by atoms with Gasteiger partial charge in [0.1, 0.15) is 0 Å². The average Bonchev–Trinajstić information content (AvgIpc) is 2.65. The Bertz CT molecular complexity index is 561. The second kappa shape index (κ2) is 7.10. The third-order valence-electron chi connectivity index (χ3n) is 3.27. The molecule has 0 atom stereocenters. The minimum Gasteiger partial charge on any atom is -1.00 e. The summed E-state index contributed by atoms with van der Waals surface area (Å²) in [5, 5.41) is 0. The molecule has 0 saturated carbocycles. The Morgan fingerprint density at radius 1 is 0.789 bits per heavy atom. The zero-order valence-corrected chi connectivity index (χ0v) is 15.0. The van der Waals surface area contributed by atoms with Gasteiger partial charge in [-0.3, -0.25) is 0 Å². The predicted molar refractivity (Wildman–Crippen MR) is 71.2 cm³/mol. The minimum atomic E-state index is -0.0759. The molecule has 0 unspecified atom stereocenters. The molecule has 2 aromatic rings. The molecule has 4 heteroatoms. The largest absolute Gasteiger partial charge is 1.00 e. The van der Waals surface area contributed by atoms with E-state index < -0.39 is 0 Å². The smallest absolute Gasteiger partial charge is 1.00 e. The summed E-state index contributed by atoms with van der Waals surface area (Å²) in [6.07, 6.45) is -0.0759. The second-order valence-corrected chi connectivity index (χ2v) is 14.0. The van der Waals surface area contributed by atoms with E-state index in [-0.39, 0.29) is 48.9 Å². The molecule has 0 nitrogen and oxygen atoms in total. The first-order valence-corrected chi connectivity index (χ1v) is 11.8. The fourth-order valence-electron chi connectivity index (χ4n) is 2.60. The van der Waals surface area contributed by atoms with Crippen LogP contribution in [0.4, 0.5) is 0 Å². The molecule has 0 bridgehead atoms. The SMILES string of the molecule is C[Si](C)=[Ti+2][CH]1c2ccccc2-c2ccccc21.[Cl-].[Cl-]. The summed E-state index contributed by atoms with van der Waals surface area (Å²) < 4.78 is 0.770. The Labute approximate surface area is 136 Å². The van der Waals surface area contributed by atoms with E-state index in [0.29, 0.717) is 0 Å². The van der Waals surface area contributed by atoms with Gasteiger partial charge in [0.25, 0.3) is 0 Å². The van der Waals surface area contributed by atoms with Gasteiger partial charge in [-0.1, -0.05) is 0 Å². The maximum absolute atomic E-state index is 2.47. The standard InChI is InChI=1S/C13H9.C2H6Si.2ClH.Ti/c1-3-7-12-10(5-1)9-11-6-2-4-8-13(11)12;1-3-2;;;/h1-9H;1-2H3;2*1H;/q;;;;+2/p-2. The summed E-state index contributed by atoms with van der Waals surface area (Å²) in [7, 11) is 0. The van der Waals surface area contributed by atoms with Crippen molar-refractivity contribution in [3.05, 3.63) is 59.7 Å². The van der Waals surface area contributed by atoms with Gasteiger partial charge in [0.15, 0.2) is 0 Å². The topological polar surface area (TPSA) is 0 Å². The molecule has 0 aromatic heterocycles. The van der Waals surface area contributed by atoms with Crippen molar-refractivity contribution in [2.75, 3.05) is 0 Å². The summed E-state index contributed by atoms with van der Waals surface area (Å²) >= 11 is 0.141.